The zero-order chi connectivity index (χ0) is 10.0. The van der Waals surface area contributed by atoms with E-state index in [0.717, 1.165) is 12.5 Å². The fourth-order valence-electron chi connectivity index (χ4n) is 1.14. The van der Waals surface area contributed by atoms with Crippen molar-refractivity contribution in [2.45, 2.75) is 26.2 Å². The van der Waals surface area contributed by atoms with E-state index < -0.39 is 11.6 Å². The van der Waals surface area contributed by atoms with Gasteiger partial charge in [0.05, 0.1) is 5.02 Å². The Labute approximate surface area is 81.5 Å². The monoisotopic (exact) mass is 204 g/mol. The SMILES string of the molecule is CCC(C)c1cc(Cl)c(F)cc1F. The van der Waals surface area contributed by atoms with Crippen LogP contribution in [-0.2, 0) is 0 Å². The van der Waals surface area contributed by atoms with Crippen molar-refractivity contribution in [3.8, 4) is 0 Å². The van der Waals surface area contributed by atoms with Crippen LogP contribution in [-0.4, -0.2) is 0 Å². The fourth-order valence-corrected chi connectivity index (χ4v) is 1.31. The van der Waals surface area contributed by atoms with Crippen LogP contribution in [0.2, 0.25) is 5.02 Å². The van der Waals surface area contributed by atoms with Crippen molar-refractivity contribution in [3.63, 3.8) is 0 Å². The lowest BCUT2D eigenvalue weighted by Gasteiger charge is -2.10. The molecule has 0 bridgehead atoms. The summed E-state index contributed by atoms with van der Waals surface area (Å²) in [5.41, 5.74) is 0.480. The van der Waals surface area contributed by atoms with Gasteiger partial charge in [0.15, 0.2) is 0 Å². The Kier molecular flexibility index (Phi) is 3.26. The van der Waals surface area contributed by atoms with E-state index in [4.69, 9.17) is 11.6 Å². The van der Waals surface area contributed by atoms with Crippen molar-refractivity contribution in [1.29, 1.82) is 0 Å². The average molecular weight is 205 g/mol. The van der Waals surface area contributed by atoms with Crippen molar-refractivity contribution in [2.24, 2.45) is 0 Å². The smallest absolute Gasteiger partial charge is 0.144 e. The van der Waals surface area contributed by atoms with E-state index in [-0.39, 0.29) is 10.9 Å². The summed E-state index contributed by atoms with van der Waals surface area (Å²) in [5, 5.41) is -0.0169. The molecule has 1 unspecified atom stereocenters. The van der Waals surface area contributed by atoms with Gasteiger partial charge in [-0.1, -0.05) is 25.4 Å². The van der Waals surface area contributed by atoms with Crippen molar-refractivity contribution in [2.75, 3.05) is 0 Å². The molecular weight excluding hydrogens is 194 g/mol. The Balaban J connectivity index is 3.15. The molecule has 1 aromatic carbocycles. The van der Waals surface area contributed by atoms with Gasteiger partial charge in [-0.25, -0.2) is 8.78 Å². The molecule has 3 heteroatoms. The van der Waals surface area contributed by atoms with Crippen LogP contribution in [0.4, 0.5) is 8.78 Å². The third-order valence-electron chi connectivity index (χ3n) is 2.18. The van der Waals surface area contributed by atoms with Gasteiger partial charge in [0, 0.05) is 6.07 Å². The molecule has 0 N–H and O–H groups in total. The molecular formula is C10H11ClF2. The Bertz CT molecular complexity index is 310. The Hall–Kier alpha value is -0.630. The lowest BCUT2D eigenvalue weighted by molar-refractivity contribution is 0.556. The van der Waals surface area contributed by atoms with E-state index in [1.165, 1.54) is 6.07 Å². The fraction of sp³-hybridized carbons (Fsp3) is 0.400. The van der Waals surface area contributed by atoms with Gasteiger partial charge < -0.3 is 0 Å². The van der Waals surface area contributed by atoms with Crippen LogP contribution >= 0.6 is 11.6 Å². The number of rotatable bonds is 2. The normalized spacial score (nSPS) is 13.0. The lowest BCUT2D eigenvalue weighted by Crippen LogP contribution is -1.97. The van der Waals surface area contributed by atoms with Gasteiger partial charge in [-0.2, -0.15) is 0 Å². The minimum absolute atomic E-state index is 0.0169. The van der Waals surface area contributed by atoms with Crippen LogP contribution in [0.5, 0.6) is 0 Å². The molecule has 1 atom stereocenters. The zero-order valence-corrected chi connectivity index (χ0v) is 8.33. The van der Waals surface area contributed by atoms with E-state index >= 15 is 0 Å². The van der Waals surface area contributed by atoms with Gasteiger partial charge in [-0.3, -0.25) is 0 Å². The number of benzene rings is 1. The Morgan fingerprint density at radius 2 is 1.92 bits per heavy atom. The van der Waals surface area contributed by atoms with Crippen LogP contribution in [0.1, 0.15) is 31.7 Å². The van der Waals surface area contributed by atoms with Gasteiger partial charge in [-0.15, -0.1) is 0 Å². The summed E-state index contributed by atoms with van der Waals surface area (Å²) in [5.74, 6) is -1.15. The highest BCUT2D eigenvalue weighted by Gasteiger charge is 2.12. The summed E-state index contributed by atoms with van der Waals surface area (Å²) < 4.78 is 25.9. The summed E-state index contributed by atoms with van der Waals surface area (Å²) >= 11 is 5.55. The van der Waals surface area contributed by atoms with Crippen molar-refractivity contribution in [1.82, 2.24) is 0 Å². The van der Waals surface area contributed by atoms with Crippen molar-refractivity contribution < 1.29 is 8.78 Å². The molecule has 0 heterocycles. The third-order valence-corrected chi connectivity index (χ3v) is 2.47. The predicted molar refractivity (Wildman–Crippen MR) is 50.1 cm³/mol. The summed E-state index contributed by atoms with van der Waals surface area (Å²) in [4.78, 5) is 0. The van der Waals surface area contributed by atoms with Gasteiger partial charge in [0.1, 0.15) is 11.6 Å². The van der Waals surface area contributed by atoms with Crippen molar-refractivity contribution >= 4 is 11.6 Å². The highest BCUT2D eigenvalue weighted by Crippen LogP contribution is 2.26. The van der Waals surface area contributed by atoms with E-state index in [2.05, 4.69) is 0 Å². The molecule has 0 saturated heterocycles. The molecule has 72 valence electrons. The first kappa shape index (κ1) is 10.5. The molecule has 1 rings (SSSR count). The lowest BCUT2D eigenvalue weighted by atomic mass is 9.98. The van der Waals surface area contributed by atoms with Gasteiger partial charge in [0.2, 0.25) is 0 Å². The standard InChI is InChI=1S/C10H11ClF2/c1-3-6(2)7-4-8(11)10(13)5-9(7)12/h4-6H,3H2,1-2H3. The summed E-state index contributed by atoms with van der Waals surface area (Å²) in [7, 11) is 0. The maximum atomic E-state index is 13.2. The molecule has 0 saturated carbocycles. The van der Waals surface area contributed by atoms with E-state index in [1.54, 1.807) is 0 Å². The van der Waals surface area contributed by atoms with E-state index in [1.807, 2.05) is 13.8 Å². The third kappa shape index (κ3) is 2.19. The first-order valence-corrected chi connectivity index (χ1v) is 4.58. The summed E-state index contributed by atoms with van der Waals surface area (Å²) in [6.07, 6.45) is 0.804. The molecule has 0 nitrogen and oxygen atoms in total. The zero-order valence-electron chi connectivity index (χ0n) is 7.57. The number of halogens is 3. The Morgan fingerprint density at radius 3 is 2.46 bits per heavy atom. The summed E-state index contributed by atoms with van der Waals surface area (Å²) in [6.45, 7) is 3.83. The maximum Gasteiger partial charge on any atom is 0.144 e. The quantitative estimate of drug-likeness (QED) is 0.636. The molecule has 1 aromatic rings. The molecule has 0 fully saturated rings. The van der Waals surface area contributed by atoms with Crippen LogP contribution in [0.3, 0.4) is 0 Å². The summed E-state index contributed by atoms with van der Waals surface area (Å²) in [6, 6.07) is 2.20. The number of hydrogen-bond acceptors (Lipinski definition) is 0. The van der Waals surface area contributed by atoms with E-state index in [9.17, 15) is 8.78 Å². The highest BCUT2D eigenvalue weighted by atomic mass is 35.5. The first-order valence-electron chi connectivity index (χ1n) is 4.20. The second kappa shape index (κ2) is 4.05. The van der Waals surface area contributed by atoms with Crippen LogP contribution < -0.4 is 0 Å². The highest BCUT2D eigenvalue weighted by molar-refractivity contribution is 6.30. The molecule has 0 radical (unpaired) electrons. The van der Waals surface area contributed by atoms with Gasteiger partial charge >= 0.3 is 0 Å². The molecule has 0 amide bonds. The number of hydrogen-bond donors (Lipinski definition) is 0. The average Bonchev–Trinajstić information content (AvgIpc) is 2.10. The predicted octanol–water partition coefficient (Wildman–Crippen LogP) is 4.13. The molecule has 13 heavy (non-hydrogen) atoms. The molecule has 0 aliphatic heterocycles. The minimum Gasteiger partial charge on any atom is -0.207 e. The maximum absolute atomic E-state index is 13.2. The van der Waals surface area contributed by atoms with Gasteiger partial charge in [-0.05, 0) is 24.0 Å². The molecule has 0 aromatic heterocycles. The minimum atomic E-state index is -0.703. The molecule has 0 aliphatic carbocycles. The second-order valence-electron chi connectivity index (χ2n) is 3.10. The van der Waals surface area contributed by atoms with Crippen molar-refractivity contribution in [3.05, 3.63) is 34.4 Å². The van der Waals surface area contributed by atoms with Crippen LogP contribution in [0, 0.1) is 11.6 Å². The molecule has 0 aliphatic rings. The topological polar surface area (TPSA) is 0 Å². The van der Waals surface area contributed by atoms with Crippen LogP contribution in [0.15, 0.2) is 12.1 Å². The molecule has 0 spiro atoms. The Morgan fingerprint density at radius 1 is 1.31 bits per heavy atom. The van der Waals surface area contributed by atoms with E-state index in [0.29, 0.717) is 5.56 Å². The van der Waals surface area contributed by atoms with Crippen LogP contribution in [0.25, 0.3) is 0 Å². The largest absolute Gasteiger partial charge is 0.207 e. The second-order valence-corrected chi connectivity index (χ2v) is 3.50. The van der Waals surface area contributed by atoms with Gasteiger partial charge in [0.25, 0.3) is 0 Å². The first-order chi connectivity index (χ1) is 6.06.